The molecule has 1 aromatic carbocycles. The summed E-state index contributed by atoms with van der Waals surface area (Å²) >= 11 is 5.56. The summed E-state index contributed by atoms with van der Waals surface area (Å²) in [4.78, 5) is 0. The van der Waals surface area contributed by atoms with Gasteiger partial charge >= 0.3 is 0 Å². The van der Waals surface area contributed by atoms with Gasteiger partial charge in [-0.1, -0.05) is 28.4 Å². The first-order valence-corrected chi connectivity index (χ1v) is 9.57. The maximum absolute atomic E-state index is 5.90. The van der Waals surface area contributed by atoms with Crippen LogP contribution in [0.2, 0.25) is 0 Å². The van der Waals surface area contributed by atoms with Gasteiger partial charge in [0.1, 0.15) is 5.75 Å². The molecule has 0 aromatic heterocycles. The number of nitrogens with one attached hydrogen (secondary N) is 1. The van der Waals surface area contributed by atoms with Crippen molar-refractivity contribution in [2.75, 3.05) is 12.9 Å². The fourth-order valence-corrected chi connectivity index (χ4v) is 4.66. The predicted octanol–water partition coefficient (Wildman–Crippen LogP) is 4.54. The Balaban J connectivity index is 1.79. The molecular weight excluding hydrogens is 334 g/mol. The monoisotopic (exact) mass is 355 g/mol. The predicted molar refractivity (Wildman–Crippen MR) is 89.7 cm³/mol. The van der Waals surface area contributed by atoms with Crippen molar-refractivity contribution in [2.24, 2.45) is 0 Å². The Bertz CT molecular complexity index is 468. The minimum atomic E-state index is 0.443. The highest BCUT2D eigenvalue weighted by Crippen LogP contribution is 2.36. The van der Waals surface area contributed by atoms with E-state index in [4.69, 9.17) is 4.74 Å². The highest BCUT2D eigenvalue weighted by Gasteiger charge is 2.30. The second-order valence-corrected chi connectivity index (χ2v) is 7.70. The highest BCUT2D eigenvalue weighted by molar-refractivity contribution is 9.10. The van der Waals surface area contributed by atoms with Crippen molar-refractivity contribution in [3.05, 3.63) is 28.2 Å². The van der Waals surface area contributed by atoms with Crippen LogP contribution < -0.4 is 10.1 Å². The normalized spacial score (nSPS) is 29.6. The van der Waals surface area contributed by atoms with Crippen LogP contribution in [0.1, 0.15) is 43.7 Å². The molecule has 1 saturated carbocycles. The van der Waals surface area contributed by atoms with Gasteiger partial charge in [-0.15, -0.1) is 0 Å². The molecule has 1 heterocycles. The molecule has 0 saturated heterocycles. The highest BCUT2D eigenvalue weighted by atomic mass is 79.9. The van der Waals surface area contributed by atoms with E-state index in [-0.39, 0.29) is 0 Å². The van der Waals surface area contributed by atoms with E-state index < -0.39 is 0 Å². The van der Waals surface area contributed by atoms with Crippen LogP contribution in [0.25, 0.3) is 0 Å². The fraction of sp³-hybridized carbons (Fsp3) is 0.625. The molecule has 0 amide bonds. The van der Waals surface area contributed by atoms with Gasteiger partial charge < -0.3 is 10.1 Å². The minimum Gasteiger partial charge on any atom is -0.493 e. The van der Waals surface area contributed by atoms with E-state index in [0.717, 1.165) is 28.5 Å². The van der Waals surface area contributed by atoms with Crippen LogP contribution in [0.4, 0.5) is 0 Å². The van der Waals surface area contributed by atoms with Gasteiger partial charge in [-0.05, 0) is 44.1 Å². The van der Waals surface area contributed by atoms with Crippen molar-refractivity contribution in [1.82, 2.24) is 5.32 Å². The summed E-state index contributed by atoms with van der Waals surface area (Å²) in [6, 6.07) is 7.55. The summed E-state index contributed by atoms with van der Waals surface area (Å²) in [6.45, 7) is 0.832. The van der Waals surface area contributed by atoms with Crippen molar-refractivity contribution in [3.63, 3.8) is 0 Å². The zero-order valence-corrected chi connectivity index (χ0v) is 14.3. The molecule has 1 N–H and O–H groups in total. The van der Waals surface area contributed by atoms with E-state index in [9.17, 15) is 0 Å². The molecule has 3 unspecified atom stereocenters. The average molecular weight is 356 g/mol. The Morgan fingerprint density at radius 2 is 2.15 bits per heavy atom. The summed E-state index contributed by atoms with van der Waals surface area (Å²) in [6.07, 6.45) is 8.57. The number of hydrogen-bond acceptors (Lipinski definition) is 3. The molecule has 2 nitrogen and oxygen atoms in total. The van der Waals surface area contributed by atoms with Crippen LogP contribution >= 0.6 is 27.7 Å². The molecule has 0 bridgehead atoms. The van der Waals surface area contributed by atoms with Gasteiger partial charge in [-0.25, -0.2) is 0 Å². The Morgan fingerprint density at radius 1 is 1.25 bits per heavy atom. The summed E-state index contributed by atoms with van der Waals surface area (Å²) in [5, 5.41) is 4.69. The van der Waals surface area contributed by atoms with E-state index in [0.29, 0.717) is 12.1 Å². The summed E-state index contributed by atoms with van der Waals surface area (Å²) in [7, 11) is 0. The number of halogens is 1. The molecule has 1 aliphatic carbocycles. The van der Waals surface area contributed by atoms with Gasteiger partial charge in [0.25, 0.3) is 0 Å². The minimum absolute atomic E-state index is 0.443. The van der Waals surface area contributed by atoms with Crippen LogP contribution in [0.15, 0.2) is 22.7 Å². The quantitative estimate of drug-likeness (QED) is 0.859. The topological polar surface area (TPSA) is 21.3 Å². The second-order valence-electron chi connectivity index (χ2n) is 5.70. The van der Waals surface area contributed by atoms with Crippen molar-refractivity contribution >= 4 is 27.7 Å². The Labute approximate surface area is 134 Å². The molecular formula is C16H22BrNOS. The zero-order chi connectivity index (χ0) is 13.9. The number of rotatable bonds is 3. The van der Waals surface area contributed by atoms with Crippen LogP contribution in [0.5, 0.6) is 5.75 Å². The first-order valence-electron chi connectivity index (χ1n) is 7.49. The third-order valence-electron chi connectivity index (χ3n) is 4.42. The molecule has 20 heavy (non-hydrogen) atoms. The number of ether oxygens (including phenoxy) is 1. The van der Waals surface area contributed by atoms with Gasteiger partial charge in [0.05, 0.1) is 6.61 Å². The molecule has 4 heteroatoms. The molecule has 2 aliphatic rings. The summed E-state index contributed by atoms with van der Waals surface area (Å²) in [5.41, 5.74) is 1.33. The molecule has 0 radical (unpaired) electrons. The average Bonchev–Trinajstić information content (AvgIpc) is 2.80. The van der Waals surface area contributed by atoms with Gasteiger partial charge in [-0.2, -0.15) is 11.8 Å². The lowest BCUT2D eigenvalue weighted by molar-refractivity contribution is 0.314. The Morgan fingerprint density at radius 3 is 3.00 bits per heavy atom. The van der Waals surface area contributed by atoms with Gasteiger partial charge in [-0.3, -0.25) is 0 Å². The first-order chi connectivity index (χ1) is 9.78. The molecule has 1 aliphatic heterocycles. The number of fused-ring (bicyclic) bond motifs is 1. The van der Waals surface area contributed by atoms with E-state index in [1.165, 1.54) is 31.2 Å². The second kappa shape index (κ2) is 6.71. The smallest absolute Gasteiger partial charge is 0.125 e. The van der Waals surface area contributed by atoms with Crippen molar-refractivity contribution in [3.8, 4) is 5.75 Å². The van der Waals surface area contributed by atoms with Crippen molar-refractivity contribution in [2.45, 2.75) is 49.4 Å². The van der Waals surface area contributed by atoms with Crippen molar-refractivity contribution < 1.29 is 4.74 Å². The summed E-state index contributed by atoms with van der Waals surface area (Å²) < 4.78 is 7.00. The van der Waals surface area contributed by atoms with Gasteiger partial charge in [0.15, 0.2) is 0 Å². The third kappa shape index (κ3) is 3.18. The van der Waals surface area contributed by atoms with E-state index in [1.54, 1.807) is 0 Å². The molecule has 3 atom stereocenters. The van der Waals surface area contributed by atoms with E-state index >= 15 is 0 Å². The standard InChI is InChI=1S/C16H22BrNOS/c1-20-16-6-2-4-14(16)18-13-5-3-9-19-15-10-11(17)7-8-12(13)15/h7-8,10,13-14,16,18H,2-6,9H2,1H3. The van der Waals surface area contributed by atoms with Crippen LogP contribution in [-0.4, -0.2) is 24.2 Å². The fourth-order valence-electron chi connectivity index (χ4n) is 3.38. The van der Waals surface area contributed by atoms with Crippen LogP contribution in [0.3, 0.4) is 0 Å². The maximum atomic E-state index is 5.90. The van der Waals surface area contributed by atoms with E-state index in [1.807, 2.05) is 11.8 Å². The van der Waals surface area contributed by atoms with Gasteiger partial charge in [0, 0.05) is 27.4 Å². The molecule has 1 aromatic rings. The number of thioether (sulfide) groups is 1. The van der Waals surface area contributed by atoms with Gasteiger partial charge in [0.2, 0.25) is 0 Å². The lowest BCUT2D eigenvalue weighted by Gasteiger charge is -2.26. The first kappa shape index (κ1) is 14.7. The lowest BCUT2D eigenvalue weighted by atomic mass is 10.0. The Hall–Kier alpha value is -0.190. The molecule has 0 spiro atoms. The molecule has 3 rings (SSSR count). The molecule has 1 fully saturated rings. The lowest BCUT2D eigenvalue weighted by Crippen LogP contribution is -2.36. The SMILES string of the molecule is CSC1CCCC1NC1CCCOc2cc(Br)ccc21. The third-order valence-corrected chi connectivity index (χ3v) is 6.08. The van der Waals surface area contributed by atoms with Crippen LogP contribution in [-0.2, 0) is 0 Å². The van der Waals surface area contributed by atoms with Crippen LogP contribution in [0, 0.1) is 0 Å². The maximum Gasteiger partial charge on any atom is 0.125 e. The summed E-state index contributed by atoms with van der Waals surface area (Å²) in [5.74, 6) is 1.05. The zero-order valence-electron chi connectivity index (χ0n) is 11.9. The molecule has 110 valence electrons. The van der Waals surface area contributed by atoms with Crippen molar-refractivity contribution in [1.29, 1.82) is 0 Å². The number of hydrogen-bond donors (Lipinski definition) is 1. The van der Waals surface area contributed by atoms with E-state index in [2.05, 4.69) is 45.7 Å². The number of benzene rings is 1. The largest absolute Gasteiger partial charge is 0.493 e. The Kier molecular flexibility index (Phi) is 4.95.